The molecule has 1 radical (unpaired) electrons. The number of aliphatic hydroxyl groups is 1. The second kappa shape index (κ2) is 9.22. The minimum atomic E-state index is -2.08. The van der Waals surface area contributed by atoms with Crippen LogP contribution >= 0.6 is 40.1 Å². The van der Waals surface area contributed by atoms with Crippen LogP contribution in [0.4, 0.5) is 0 Å². The third-order valence-electron chi connectivity index (χ3n) is 5.70. The van der Waals surface area contributed by atoms with E-state index in [9.17, 15) is 14.7 Å². The molecular formula is C17H30N2O6PS3Si. The first-order valence-corrected chi connectivity index (χ1v) is 18.7. The van der Waals surface area contributed by atoms with Gasteiger partial charge in [-0.1, -0.05) is 43.5 Å². The summed E-state index contributed by atoms with van der Waals surface area (Å²) in [6.07, 6.45) is -2.02. The van der Waals surface area contributed by atoms with Crippen LogP contribution in [0.15, 0.2) is 21.9 Å². The van der Waals surface area contributed by atoms with Crippen molar-refractivity contribution in [3.8, 4) is 0 Å². The van der Waals surface area contributed by atoms with Crippen LogP contribution in [0, 0.1) is 0 Å². The van der Waals surface area contributed by atoms with Crippen LogP contribution < -0.4 is 11.2 Å². The van der Waals surface area contributed by atoms with E-state index >= 15 is 0 Å². The Morgan fingerprint density at radius 2 is 2.00 bits per heavy atom. The predicted molar refractivity (Wildman–Crippen MR) is 130 cm³/mol. The Balaban J connectivity index is 1.85. The normalized spacial score (nSPS) is 29.4. The summed E-state index contributed by atoms with van der Waals surface area (Å²) in [5, 5.41) is 8.99. The van der Waals surface area contributed by atoms with Gasteiger partial charge >= 0.3 is 5.69 Å². The molecule has 0 amide bonds. The van der Waals surface area contributed by atoms with Crippen LogP contribution in [-0.2, 0) is 13.7 Å². The lowest BCUT2D eigenvalue weighted by Crippen LogP contribution is -2.45. The van der Waals surface area contributed by atoms with Crippen molar-refractivity contribution in [2.45, 2.75) is 63.4 Å². The highest BCUT2D eigenvalue weighted by Gasteiger charge is 2.50. The summed E-state index contributed by atoms with van der Waals surface area (Å²) < 4.78 is 19.9. The number of hydrogen-bond acceptors (Lipinski definition) is 9. The summed E-state index contributed by atoms with van der Waals surface area (Å²) in [5.41, 5.74) is -1.15. The number of aliphatic hydroxyl groups excluding tert-OH is 1. The molecular weight excluding hydrogens is 483 g/mol. The Morgan fingerprint density at radius 3 is 2.57 bits per heavy atom. The third kappa shape index (κ3) is 5.40. The summed E-state index contributed by atoms with van der Waals surface area (Å²) in [6, 6.07) is 1.22. The summed E-state index contributed by atoms with van der Waals surface area (Å²) in [7, 11) is -2.06. The summed E-state index contributed by atoms with van der Waals surface area (Å²) >= 11 is 8.09. The molecule has 1 aromatic heterocycles. The number of aromatic amines is 1. The molecule has 0 bridgehead atoms. The SMILES string of the molecule is CC(C)(C)[Si](C)(C)OC[C@H]1O[C@@H](n2ccc(=O)[nH]c2=O)[C@H](O)[C@@H]1O[P]1(S)SCCS1. The lowest BCUT2D eigenvalue weighted by atomic mass is 10.1. The van der Waals surface area contributed by atoms with Crippen LogP contribution in [0.1, 0.15) is 27.0 Å². The van der Waals surface area contributed by atoms with E-state index in [0.29, 0.717) is 0 Å². The molecule has 0 spiro atoms. The fourth-order valence-corrected chi connectivity index (χ4v) is 13.5. The van der Waals surface area contributed by atoms with Gasteiger partial charge < -0.3 is 18.8 Å². The average Bonchev–Trinajstić information content (AvgIpc) is 3.18. The number of aromatic nitrogens is 2. The van der Waals surface area contributed by atoms with Crippen molar-refractivity contribution in [1.29, 1.82) is 0 Å². The quantitative estimate of drug-likeness (QED) is 0.303. The average molecular weight is 514 g/mol. The van der Waals surface area contributed by atoms with Crippen molar-refractivity contribution in [1.82, 2.24) is 9.55 Å². The van der Waals surface area contributed by atoms with Gasteiger partial charge in [0.25, 0.3) is 5.56 Å². The molecule has 1 aromatic rings. The standard InChI is InChI=1S/C17H30N2O6PS3Si/c1-17(2,3)30(4,5)23-10-11-14(25-26(27)28-8-9-29-26)13(21)15(24-11)19-7-6-12(20)18-16(19)22/h6-7,11,13-15,21,27H,8-10H2,1-5H3,(H,18,20,22)/t11-,13-,14-,15-/m1/s1. The maximum atomic E-state index is 12.3. The van der Waals surface area contributed by atoms with E-state index in [1.54, 1.807) is 22.8 Å². The van der Waals surface area contributed by atoms with E-state index < -0.39 is 49.2 Å². The maximum absolute atomic E-state index is 12.3. The Hall–Kier alpha value is 0.217. The fraction of sp³-hybridized carbons (Fsp3) is 0.765. The highest BCUT2D eigenvalue weighted by atomic mass is 33.4. The zero-order chi connectivity index (χ0) is 22.3. The first kappa shape index (κ1) is 24.9. The van der Waals surface area contributed by atoms with Crippen molar-refractivity contribution in [3.05, 3.63) is 33.1 Å². The van der Waals surface area contributed by atoms with Gasteiger partial charge in [0.2, 0.25) is 0 Å². The molecule has 3 rings (SSSR count). The van der Waals surface area contributed by atoms with Crippen LogP contribution in [0.25, 0.3) is 0 Å². The summed E-state index contributed by atoms with van der Waals surface area (Å²) in [4.78, 5) is 25.9. The van der Waals surface area contributed by atoms with Crippen molar-refractivity contribution in [2.75, 3.05) is 18.1 Å². The molecule has 8 nitrogen and oxygen atoms in total. The Bertz CT molecular complexity index is 870. The van der Waals surface area contributed by atoms with E-state index in [1.807, 2.05) is 0 Å². The van der Waals surface area contributed by atoms with Gasteiger partial charge in [-0.3, -0.25) is 14.3 Å². The smallest absolute Gasteiger partial charge is 0.330 e. The van der Waals surface area contributed by atoms with E-state index in [2.05, 4.69) is 38.8 Å². The molecule has 0 aliphatic carbocycles. The van der Waals surface area contributed by atoms with Gasteiger partial charge in [0.15, 0.2) is 14.5 Å². The monoisotopic (exact) mass is 513 g/mol. The number of nitrogens with zero attached hydrogens (tertiary/aromatic N) is 1. The Kier molecular flexibility index (Phi) is 7.64. The lowest BCUT2D eigenvalue weighted by molar-refractivity contribution is -0.0525. The van der Waals surface area contributed by atoms with Gasteiger partial charge in [-0.05, 0) is 18.1 Å². The van der Waals surface area contributed by atoms with Gasteiger partial charge in [-0.25, -0.2) is 4.79 Å². The van der Waals surface area contributed by atoms with E-state index in [0.717, 1.165) is 11.5 Å². The topological polar surface area (TPSA) is 103 Å². The molecule has 0 unspecified atom stereocenters. The van der Waals surface area contributed by atoms with Gasteiger partial charge in [0.05, 0.1) is 6.61 Å². The highest BCUT2D eigenvalue weighted by Crippen LogP contribution is 2.87. The maximum Gasteiger partial charge on any atom is 0.330 e. The minimum Gasteiger partial charge on any atom is -0.414 e. The van der Waals surface area contributed by atoms with Gasteiger partial charge in [0.1, 0.15) is 23.4 Å². The molecule has 0 saturated carbocycles. The van der Waals surface area contributed by atoms with Crippen LogP contribution in [0.5, 0.6) is 0 Å². The van der Waals surface area contributed by atoms with Crippen LogP contribution in [-0.4, -0.2) is 59.4 Å². The van der Waals surface area contributed by atoms with Gasteiger partial charge in [-0.15, -0.1) is 12.2 Å². The lowest BCUT2D eigenvalue weighted by Gasteiger charge is -2.37. The minimum absolute atomic E-state index is 0.0186. The summed E-state index contributed by atoms with van der Waals surface area (Å²) in [5.74, 6) is 1.89. The van der Waals surface area contributed by atoms with Crippen molar-refractivity contribution in [2.24, 2.45) is 0 Å². The first-order chi connectivity index (χ1) is 13.8. The third-order valence-corrected chi connectivity index (χ3v) is 20.2. The highest BCUT2D eigenvalue weighted by molar-refractivity contribution is 9.15. The number of thiol groups is 1. The molecule has 0 aromatic carbocycles. The Labute approximate surface area is 191 Å². The van der Waals surface area contributed by atoms with E-state index in [4.69, 9.17) is 25.9 Å². The van der Waals surface area contributed by atoms with Crippen LogP contribution in [0.2, 0.25) is 18.1 Å². The first-order valence-electron chi connectivity index (χ1n) is 9.71. The molecule has 3 heterocycles. The van der Waals surface area contributed by atoms with E-state index in [1.165, 1.54) is 16.8 Å². The molecule has 2 saturated heterocycles. The summed E-state index contributed by atoms with van der Waals surface area (Å²) in [6.45, 7) is 11.0. The van der Waals surface area contributed by atoms with Crippen molar-refractivity contribution >= 4 is 48.4 Å². The molecule has 4 atom stereocenters. The molecule has 2 N–H and O–H groups in total. The number of nitrogens with one attached hydrogen (secondary N) is 1. The second-order valence-corrected chi connectivity index (χ2v) is 24.8. The van der Waals surface area contributed by atoms with Crippen LogP contribution in [0.3, 0.4) is 0 Å². The van der Waals surface area contributed by atoms with Gasteiger partial charge in [-0.2, -0.15) is 0 Å². The predicted octanol–water partition coefficient (Wildman–Crippen LogP) is 3.29. The molecule has 13 heteroatoms. The van der Waals surface area contributed by atoms with Crippen molar-refractivity contribution in [3.63, 3.8) is 0 Å². The number of rotatable bonds is 6. The number of ether oxygens (including phenoxy) is 1. The molecule has 2 aliphatic rings. The van der Waals surface area contributed by atoms with E-state index in [-0.39, 0.29) is 11.6 Å². The molecule has 2 aliphatic heterocycles. The zero-order valence-corrected chi connectivity index (χ0v) is 22.2. The largest absolute Gasteiger partial charge is 0.414 e. The number of hydrogen-bond donors (Lipinski definition) is 3. The Morgan fingerprint density at radius 1 is 1.37 bits per heavy atom. The van der Waals surface area contributed by atoms with Gasteiger partial charge in [0, 0.05) is 23.8 Å². The molecule has 2 fully saturated rings. The van der Waals surface area contributed by atoms with Crippen molar-refractivity contribution < 1.29 is 18.8 Å². The fourth-order valence-electron chi connectivity index (χ4n) is 2.91. The molecule has 30 heavy (non-hydrogen) atoms. The molecule has 171 valence electrons. The second-order valence-electron chi connectivity index (χ2n) is 8.85. The number of H-pyrrole nitrogens is 1. The zero-order valence-electron chi connectivity index (χ0n) is 17.7.